The van der Waals surface area contributed by atoms with E-state index in [9.17, 15) is 4.79 Å². The van der Waals surface area contributed by atoms with E-state index in [2.05, 4.69) is 24.0 Å². The number of hydrogen-bond acceptors (Lipinski definition) is 3. The molecule has 0 spiro atoms. The van der Waals surface area contributed by atoms with E-state index in [-0.39, 0.29) is 11.8 Å². The summed E-state index contributed by atoms with van der Waals surface area (Å²) in [7, 11) is 0. The molecule has 0 radical (unpaired) electrons. The summed E-state index contributed by atoms with van der Waals surface area (Å²) in [6.07, 6.45) is 5.75. The molecule has 4 nitrogen and oxygen atoms in total. The van der Waals surface area contributed by atoms with Crippen molar-refractivity contribution in [1.29, 1.82) is 0 Å². The molecule has 0 bridgehead atoms. The van der Waals surface area contributed by atoms with E-state index in [0.29, 0.717) is 0 Å². The van der Waals surface area contributed by atoms with Crippen molar-refractivity contribution >= 4 is 5.91 Å². The molecule has 22 heavy (non-hydrogen) atoms. The molecule has 2 heterocycles. The summed E-state index contributed by atoms with van der Waals surface area (Å²) in [4.78, 5) is 22.7. The first-order chi connectivity index (χ1) is 10.6. The Balaban J connectivity index is 1.88. The van der Waals surface area contributed by atoms with Crippen LogP contribution in [-0.4, -0.2) is 33.9 Å². The Morgan fingerprint density at radius 1 is 1.27 bits per heavy atom. The summed E-state index contributed by atoms with van der Waals surface area (Å²) in [5.74, 6) is 0.432. The molecule has 0 N–H and O–H groups in total. The highest BCUT2D eigenvalue weighted by Gasteiger charge is 2.24. The van der Waals surface area contributed by atoms with Crippen molar-refractivity contribution in [2.45, 2.75) is 32.6 Å². The smallest absolute Gasteiger partial charge is 0.219 e. The molecule has 1 aliphatic heterocycles. The van der Waals surface area contributed by atoms with Crippen molar-refractivity contribution in [2.24, 2.45) is 0 Å². The topological polar surface area (TPSA) is 46.1 Å². The van der Waals surface area contributed by atoms with Gasteiger partial charge in [0.2, 0.25) is 5.91 Å². The molecular weight excluding hydrogens is 274 g/mol. The molecule has 0 aliphatic carbocycles. The average Bonchev–Trinajstić information content (AvgIpc) is 2.55. The Hall–Kier alpha value is -2.23. The number of rotatable bonds is 2. The molecule has 4 heteroatoms. The Bertz CT molecular complexity index is 684. The molecule has 1 fully saturated rings. The number of aromatic nitrogens is 2. The normalized spacial score (nSPS) is 18.3. The van der Waals surface area contributed by atoms with E-state index in [1.54, 1.807) is 6.92 Å². The number of hydrogen-bond donors (Lipinski definition) is 0. The van der Waals surface area contributed by atoms with E-state index >= 15 is 0 Å². The van der Waals surface area contributed by atoms with E-state index in [4.69, 9.17) is 4.98 Å². The van der Waals surface area contributed by atoms with Gasteiger partial charge in [-0.1, -0.05) is 24.3 Å². The largest absolute Gasteiger partial charge is 0.342 e. The van der Waals surface area contributed by atoms with Crippen LogP contribution in [0.3, 0.4) is 0 Å². The Morgan fingerprint density at radius 2 is 2.09 bits per heavy atom. The predicted octanol–water partition coefficient (Wildman–Crippen LogP) is 3.18. The van der Waals surface area contributed by atoms with Gasteiger partial charge in [0.05, 0.1) is 17.6 Å². The summed E-state index contributed by atoms with van der Waals surface area (Å²) in [5, 5.41) is 0. The van der Waals surface area contributed by atoms with Gasteiger partial charge in [0.1, 0.15) is 0 Å². The maximum Gasteiger partial charge on any atom is 0.219 e. The second-order valence-electron chi connectivity index (χ2n) is 5.95. The molecule has 1 aromatic heterocycles. The molecule has 1 atom stereocenters. The van der Waals surface area contributed by atoms with Crippen molar-refractivity contribution in [1.82, 2.24) is 14.9 Å². The number of amides is 1. The van der Waals surface area contributed by atoms with Crippen molar-refractivity contribution in [2.75, 3.05) is 13.1 Å². The maximum atomic E-state index is 11.6. The zero-order chi connectivity index (χ0) is 15.5. The van der Waals surface area contributed by atoms with E-state index in [1.165, 1.54) is 5.56 Å². The molecule has 1 saturated heterocycles. The average molecular weight is 295 g/mol. The number of piperidine rings is 1. The zero-order valence-electron chi connectivity index (χ0n) is 13.1. The molecule has 1 aliphatic rings. The SMILES string of the molecule is CC(=O)N1CCCC(c2cncc(-c3ccccc3C)n2)C1. The lowest BCUT2D eigenvalue weighted by atomic mass is 9.94. The van der Waals surface area contributed by atoms with Crippen LogP contribution in [0, 0.1) is 6.92 Å². The molecule has 0 saturated carbocycles. The molecule has 114 valence electrons. The lowest BCUT2D eigenvalue weighted by molar-refractivity contribution is -0.130. The fourth-order valence-corrected chi connectivity index (χ4v) is 3.07. The predicted molar refractivity (Wildman–Crippen MR) is 86.4 cm³/mol. The van der Waals surface area contributed by atoms with Gasteiger partial charge in [-0.25, -0.2) is 4.98 Å². The molecular formula is C18H21N3O. The first-order valence-electron chi connectivity index (χ1n) is 7.78. The summed E-state index contributed by atoms with van der Waals surface area (Å²) in [6, 6.07) is 8.21. The number of likely N-dealkylation sites (tertiary alicyclic amines) is 1. The van der Waals surface area contributed by atoms with Crippen LogP contribution in [0.25, 0.3) is 11.3 Å². The van der Waals surface area contributed by atoms with Gasteiger partial charge in [0.25, 0.3) is 0 Å². The quantitative estimate of drug-likeness (QED) is 0.855. The van der Waals surface area contributed by atoms with Crippen LogP contribution >= 0.6 is 0 Å². The van der Waals surface area contributed by atoms with Crippen LogP contribution in [0.2, 0.25) is 0 Å². The minimum atomic E-state index is 0.146. The highest BCUT2D eigenvalue weighted by molar-refractivity contribution is 5.73. The third-order valence-corrected chi connectivity index (χ3v) is 4.36. The van der Waals surface area contributed by atoms with Crippen molar-refractivity contribution < 1.29 is 4.79 Å². The van der Waals surface area contributed by atoms with Crippen LogP contribution in [0.4, 0.5) is 0 Å². The van der Waals surface area contributed by atoms with Gasteiger partial charge < -0.3 is 4.90 Å². The van der Waals surface area contributed by atoms with Gasteiger partial charge in [0.15, 0.2) is 0 Å². The fourth-order valence-electron chi connectivity index (χ4n) is 3.07. The second-order valence-corrected chi connectivity index (χ2v) is 5.95. The summed E-state index contributed by atoms with van der Waals surface area (Å²) >= 11 is 0. The lowest BCUT2D eigenvalue weighted by Crippen LogP contribution is -2.37. The molecule has 3 rings (SSSR count). The van der Waals surface area contributed by atoms with Crippen molar-refractivity contribution in [3.05, 3.63) is 47.9 Å². The summed E-state index contributed by atoms with van der Waals surface area (Å²) < 4.78 is 0. The highest BCUT2D eigenvalue weighted by atomic mass is 16.2. The Labute approximate surface area is 131 Å². The zero-order valence-corrected chi connectivity index (χ0v) is 13.1. The Morgan fingerprint density at radius 3 is 2.86 bits per heavy atom. The first-order valence-corrected chi connectivity index (χ1v) is 7.78. The third-order valence-electron chi connectivity index (χ3n) is 4.36. The lowest BCUT2D eigenvalue weighted by Gasteiger charge is -2.31. The van der Waals surface area contributed by atoms with Crippen LogP contribution in [0.5, 0.6) is 0 Å². The van der Waals surface area contributed by atoms with Gasteiger partial charge in [-0.2, -0.15) is 0 Å². The van der Waals surface area contributed by atoms with Gasteiger partial charge >= 0.3 is 0 Å². The molecule has 2 aromatic rings. The number of nitrogens with zero attached hydrogens (tertiary/aromatic N) is 3. The van der Waals surface area contributed by atoms with Gasteiger partial charge in [0, 0.05) is 37.7 Å². The number of carbonyl (C=O) groups is 1. The van der Waals surface area contributed by atoms with E-state index in [1.807, 2.05) is 29.4 Å². The standard InChI is InChI=1S/C18H21N3O/c1-13-6-3-4-8-16(13)18-11-19-10-17(20-18)15-7-5-9-21(12-15)14(2)22/h3-4,6,8,10-11,15H,5,7,9,12H2,1-2H3. The van der Waals surface area contributed by atoms with Crippen LogP contribution < -0.4 is 0 Å². The van der Waals surface area contributed by atoms with Gasteiger partial charge in [-0.3, -0.25) is 9.78 Å². The van der Waals surface area contributed by atoms with Gasteiger partial charge in [-0.05, 0) is 25.3 Å². The highest BCUT2D eigenvalue weighted by Crippen LogP contribution is 2.27. The van der Waals surface area contributed by atoms with Crippen molar-refractivity contribution in [3.8, 4) is 11.3 Å². The van der Waals surface area contributed by atoms with Gasteiger partial charge in [-0.15, -0.1) is 0 Å². The van der Waals surface area contributed by atoms with E-state index < -0.39 is 0 Å². The number of benzene rings is 1. The molecule has 1 unspecified atom stereocenters. The number of aryl methyl sites for hydroxylation is 1. The summed E-state index contributed by atoms with van der Waals surface area (Å²) in [6.45, 7) is 5.33. The van der Waals surface area contributed by atoms with E-state index in [0.717, 1.165) is 42.9 Å². The summed E-state index contributed by atoms with van der Waals surface area (Å²) in [5.41, 5.74) is 4.22. The maximum absolute atomic E-state index is 11.6. The minimum Gasteiger partial charge on any atom is -0.342 e. The van der Waals surface area contributed by atoms with Crippen LogP contribution in [0.15, 0.2) is 36.7 Å². The van der Waals surface area contributed by atoms with Crippen molar-refractivity contribution in [3.63, 3.8) is 0 Å². The van der Waals surface area contributed by atoms with Crippen LogP contribution in [0.1, 0.15) is 36.9 Å². The third kappa shape index (κ3) is 3.01. The number of carbonyl (C=O) groups excluding carboxylic acids is 1. The molecule has 1 aromatic carbocycles. The second kappa shape index (κ2) is 6.26. The monoisotopic (exact) mass is 295 g/mol. The minimum absolute atomic E-state index is 0.146. The fraction of sp³-hybridized carbons (Fsp3) is 0.389. The Kier molecular flexibility index (Phi) is 4.18. The first kappa shape index (κ1) is 14.7. The molecule has 1 amide bonds. The van der Waals surface area contributed by atoms with Crippen LogP contribution in [-0.2, 0) is 4.79 Å².